The smallest absolute Gasteiger partial charge is 0.181 e. The van der Waals surface area contributed by atoms with Crippen molar-refractivity contribution in [1.29, 1.82) is 0 Å². The number of nitrogens with one attached hydrogen (secondary N) is 1. The number of hydroxylamine groups is 2. The van der Waals surface area contributed by atoms with Crippen LogP contribution in [0.3, 0.4) is 0 Å². The van der Waals surface area contributed by atoms with E-state index < -0.39 is 0 Å². The molecule has 1 N–H and O–H groups in total. The van der Waals surface area contributed by atoms with E-state index in [0.29, 0.717) is 0 Å². The molecule has 1 aromatic carbocycles. The molecule has 2 rings (SSSR count). The monoisotopic (exact) mass is 163 g/mol. The summed E-state index contributed by atoms with van der Waals surface area (Å²) in [5, 5.41) is 5.45. The van der Waals surface area contributed by atoms with Gasteiger partial charge < -0.3 is 0 Å². The van der Waals surface area contributed by atoms with Crippen LogP contribution in [0, 0.1) is 0 Å². The molecule has 0 bridgehead atoms. The van der Waals surface area contributed by atoms with Crippen LogP contribution < -0.4 is 5.48 Å². The minimum absolute atomic E-state index is 0.734. The molecule has 0 fully saturated rings. The molecule has 0 saturated carbocycles. The lowest BCUT2D eigenvalue weighted by Gasteiger charge is -1.98. The number of benzene rings is 1. The van der Waals surface area contributed by atoms with Gasteiger partial charge in [-0.05, 0) is 0 Å². The van der Waals surface area contributed by atoms with E-state index in [1.165, 1.54) is 5.17 Å². The Morgan fingerprint density at radius 3 is 2.67 bits per heavy atom. The highest BCUT2D eigenvalue weighted by atomic mass is 16.8. The predicted molar refractivity (Wildman–Crippen MR) is 45.0 cm³/mol. The zero-order valence-corrected chi connectivity index (χ0v) is 6.69. The lowest BCUT2D eigenvalue weighted by molar-refractivity contribution is -0.150. The van der Waals surface area contributed by atoms with Gasteiger partial charge in [-0.1, -0.05) is 30.3 Å². The number of nitrogens with zero attached hydrogens (tertiary/aromatic N) is 2. The predicted octanol–water partition coefficient (Wildman–Crippen LogP) is 0.730. The van der Waals surface area contributed by atoms with Crippen LogP contribution in [0.15, 0.2) is 35.4 Å². The van der Waals surface area contributed by atoms with Crippen LogP contribution in [0.2, 0.25) is 0 Å². The molecule has 4 heteroatoms. The van der Waals surface area contributed by atoms with E-state index in [9.17, 15) is 0 Å². The van der Waals surface area contributed by atoms with Gasteiger partial charge >= 0.3 is 0 Å². The Labute approximate surface area is 70.4 Å². The first kappa shape index (κ1) is 7.12. The summed E-state index contributed by atoms with van der Waals surface area (Å²) < 4.78 is 0. The third kappa shape index (κ3) is 1.24. The summed E-state index contributed by atoms with van der Waals surface area (Å²) in [4.78, 5) is 4.90. The molecule has 1 heterocycles. The van der Waals surface area contributed by atoms with Crippen molar-refractivity contribution in [2.75, 3.05) is 7.05 Å². The highest BCUT2D eigenvalue weighted by Gasteiger charge is 2.11. The Balaban J connectivity index is 2.27. The lowest BCUT2D eigenvalue weighted by Crippen LogP contribution is -2.19. The second kappa shape index (κ2) is 2.83. The van der Waals surface area contributed by atoms with Crippen LogP contribution in [0.4, 0.5) is 0 Å². The van der Waals surface area contributed by atoms with Crippen LogP contribution in [0.1, 0.15) is 5.56 Å². The summed E-state index contributed by atoms with van der Waals surface area (Å²) in [6, 6.07) is 9.81. The zero-order chi connectivity index (χ0) is 8.39. The molecular weight excluding hydrogens is 154 g/mol. The van der Waals surface area contributed by atoms with Crippen LogP contribution >= 0.6 is 0 Å². The number of hydrogen-bond acceptors (Lipinski definition) is 4. The van der Waals surface area contributed by atoms with Crippen molar-refractivity contribution in [3.8, 4) is 0 Å². The number of rotatable bonds is 1. The average molecular weight is 163 g/mol. The molecule has 0 atom stereocenters. The van der Waals surface area contributed by atoms with Crippen molar-refractivity contribution in [3.63, 3.8) is 0 Å². The third-order valence-corrected chi connectivity index (χ3v) is 1.56. The molecule has 4 nitrogen and oxygen atoms in total. The molecule has 0 radical (unpaired) electrons. The summed E-state index contributed by atoms with van der Waals surface area (Å²) in [5.41, 5.74) is 3.71. The minimum Gasteiger partial charge on any atom is -0.220 e. The van der Waals surface area contributed by atoms with Gasteiger partial charge in [0, 0.05) is 5.56 Å². The molecule has 0 spiro atoms. The minimum atomic E-state index is 0.734. The highest BCUT2D eigenvalue weighted by molar-refractivity contribution is 5.98. The van der Waals surface area contributed by atoms with E-state index in [2.05, 4.69) is 10.6 Å². The summed E-state index contributed by atoms with van der Waals surface area (Å²) in [5.74, 6) is 0.734. The fourth-order valence-electron chi connectivity index (χ4n) is 1.00. The van der Waals surface area contributed by atoms with Gasteiger partial charge in [-0.3, -0.25) is 0 Å². The number of amidine groups is 1. The Morgan fingerprint density at radius 1 is 1.33 bits per heavy atom. The molecule has 0 saturated heterocycles. The fourth-order valence-corrected chi connectivity index (χ4v) is 1.00. The van der Waals surface area contributed by atoms with E-state index in [0.717, 1.165) is 11.4 Å². The first-order chi connectivity index (χ1) is 5.86. The van der Waals surface area contributed by atoms with Crippen molar-refractivity contribution in [1.82, 2.24) is 10.7 Å². The number of hydrazone groups is 1. The summed E-state index contributed by atoms with van der Waals surface area (Å²) >= 11 is 0. The average Bonchev–Trinajstić information content (AvgIpc) is 2.54. The van der Waals surface area contributed by atoms with Crippen molar-refractivity contribution < 1.29 is 4.94 Å². The summed E-state index contributed by atoms with van der Waals surface area (Å²) in [7, 11) is 1.73. The fraction of sp³-hybridized carbons (Fsp3) is 0.125. The molecule has 12 heavy (non-hydrogen) atoms. The van der Waals surface area contributed by atoms with E-state index in [1.807, 2.05) is 30.3 Å². The molecular formula is C8H9N3O. The Kier molecular flexibility index (Phi) is 1.68. The normalized spacial score (nSPS) is 15.8. The van der Waals surface area contributed by atoms with E-state index in [4.69, 9.17) is 4.94 Å². The van der Waals surface area contributed by atoms with Crippen LogP contribution in [-0.4, -0.2) is 18.1 Å². The lowest BCUT2D eigenvalue weighted by atomic mass is 10.2. The first-order valence-corrected chi connectivity index (χ1v) is 3.67. The van der Waals surface area contributed by atoms with Gasteiger partial charge in [0.25, 0.3) is 0 Å². The van der Waals surface area contributed by atoms with Crippen molar-refractivity contribution in [2.45, 2.75) is 0 Å². The van der Waals surface area contributed by atoms with Gasteiger partial charge in [0.15, 0.2) is 5.84 Å². The molecule has 0 aromatic heterocycles. The SMILES string of the molecule is CN1N=C(c2ccccc2)NO1. The number of hydrogen-bond donors (Lipinski definition) is 1. The second-order valence-electron chi connectivity index (χ2n) is 2.47. The highest BCUT2D eigenvalue weighted by Crippen LogP contribution is 2.04. The second-order valence-corrected chi connectivity index (χ2v) is 2.47. The first-order valence-electron chi connectivity index (χ1n) is 3.67. The maximum atomic E-state index is 4.90. The Morgan fingerprint density at radius 2 is 2.08 bits per heavy atom. The van der Waals surface area contributed by atoms with Crippen molar-refractivity contribution in [2.24, 2.45) is 5.10 Å². The topological polar surface area (TPSA) is 36.9 Å². The Bertz CT molecular complexity index is 296. The van der Waals surface area contributed by atoms with Crippen molar-refractivity contribution in [3.05, 3.63) is 35.9 Å². The molecule has 62 valence electrons. The van der Waals surface area contributed by atoms with Crippen LogP contribution in [0.5, 0.6) is 0 Å². The van der Waals surface area contributed by atoms with Gasteiger partial charge in [-0.2, -0.15) is 0 Å². The quantitative estimate of drug-likeness (QED) is 0.663. The van der Waals surface area contributed by atoms with Crippen molar-refractivity contribution >= 4 is 5.84 Å². The maximum Gasteiger partial charge on any atom is 0.181 e. The van der Waals surface area contributed by atoms with Gasteiger partial charge in [-0.25, -0.2) is 5.48 Å². The largest absolute Gasteiger partial charge is 0.220 e. The van der Waals surface area contributed by atoms with Crippen LogP contribution in [0.25, 0.3) is 0 Å². The zero-order valence-electron chi connectivity index (χ0n) is 6.69. The summed E-state index contributed by atoms with van der Waals surface area (Å²) in [6.07, 6.45) is 0. The van der Waals surface area contributed by atoms with Gasteiger partial charge in [-0.15, -0.1) is 15.2 Å². The molecule has 0 aliphatic carbocycles. The molecule has 1 aliphatic heterocycles. The van der Waals surface area contributed by atoms with Gasteiger partial charge in [0.2, 0.25) is 0 Å². The summed E-state index contributed by atoms with van der Waals surface area (Å²) in [6.45, 7) is 0. The molecule has 0 amide bonds. The molecule has 1 aliphatic rings. The van der Waals surface area contributed by atoms with Gasteiger partial charge in [0.1, 0.15) is 0 Å². The Hall–Kier alpha value is -1.55. The van der Waals surface area contributed by atoms with E-state index in [1.54, 1.807) is 7.05 Å². The standard InChI is InChI=1S/C8H9N3O/c1-11-9-8(10-12-11)7-5-3-2-4-6-7/h2-6H,1H3,(H,9,10). The molecule has 1 aromatic rings. The molecule has 0 unspecified atom stereocenters. The van der Waals surface area contributed by atoms with E-state index >= 15 is 0 Å². The maximum absolute atomic E-state index is 4.90. The van der Waals surface area contributed by atoms with E-state index in [-0.39, 0.29) is 0 Å². The van der Waals surface area contributed by atoms with Gasteiger partial charge in [0.05, 0.1) is 7.05 Å². The van der Waals surface area contributed by atoms with Crippen LogP contribution in [-0.2, 0) is 4.94 Å². The third-order valence-electron chi connectivity index (χ3n) is 1.56.